The van der Waals surface area contributed by atoms with Gasteiger partial charge in [0.15, 0.2) is 5.65 Å². The van der Waals surface area contributed by atoms with E-state index in [-0.39, 0.29) is 17.5 Å². The third-order valence-corrected chi connectivity index (χ3v) is 5.28. The van der Waals surface area contributed by atoms with Crippen LogP contribution in [0.5, 0.6) is 0 Å². The topological polar surface area (TPSA) is 75.4 Å². The van der Waals surface area contributed by atoms with E-state index in [4.69, 9.17) is 0 Å². The Bertz CT molecular complexity index is 1040. The normalized spacial score (nSPS) is 15.5. The summed E-state index contributed by atoms with van der Waals surface area (Å²) in [7, 11) is 0. The number of aromatic nitrogens is 4. The third-order valence-electron chi connectivity index (χ3n) is 5.28. The number of hydrogen-bond acceptors (Lipinski definition) is 5. The molecule has 158 valence electrons. The van der Waals surface area contributed by atoms with Crippen LogP contribution in [0.15, 0.2) is 36.4 Å². The highest BCUT2D eigenvalue weighted by atomic mass is 19.4. The predicted molar refractivity (Wildman–Crippen MR) is 104 cm³/mol. The summed E-state index contributed by atoms with van der Waals surface area (Å²) in [5.41, 5.74) is 2.24. The van der Waals surface area contributed by atoms with E-state index in [2.05, 4.69) is 20.6 Å². The van der Waals surface area contributed by atoms with Gasteiger partial charge >= 0.3 is 6.18 Å². The van der Waals surface area contributed by atoms with Crippen molar-refractivity contribution < 1.29 is 18.0 Å². The smallest absolute Gasteiger partial charge is 0.355 e. The quantitative estimate of drug-likeness (QED) is 0.705. The minimum absolute atomic E-state index is 0.00296. The summed E-state index contributed by atoms with van der Waals surface area (Å²) in [6, 6.07) is 11.1. The molecule has 0 radical (unpaired) electrons. The molecular weight excluding hydrogens is 397 g/mol. The number of amides is 1. The highest BCUT2D eigenvalue weighted by Crippen LogP contribution is 2.28. The Kier molecular flexibility index (Phi) is 5.31. The predicted octanol–water partition coefficient (Wildman–Crippen LogP) is 2.98. The Labute approximate surface area is 170 Å². The van der Waals surface area contributed by atoms with Crippen LogP contribution < -0.4 is 10.2 Å². The summed E-state index contributed by atoms with van der Waals surface area (Å²) in [6.07, 6.45) is -3.42. The molecule has 1 N–H and O–H groups in total. The molecule has 0 spiro atoms. The Hall–Kier alpha value is -3.17. The first kappa shape index (κ1) is 20.1. The van der Waals surface area contributed by atoms with Gasteiger partial charge in [-0.25, -0.2) is 0 Å². The summed E-state index contributed by atoms with van der Waals surface area (Å²) in [5, 5.41) is 13.8. The van der Waals surface area contributed by atoms with Gasteiger partial charge in [0, 0.05) is 25.6 Å². The molecule has 3 heterocycles. The number of fused-ring (bicyclic) bond motifs is 1. The van der Waals surface area contributed by atoms with Gasteiger partial charge in [0.25, 0.3) is 5.82 Å². The highest BCUT2D eigenvalue weighted by molar-refractivity contribution is 5.79. The van der Waals surface area contributed by atoms with Crippen LogP contribution in [0.1, 0.15) is 29.8 Å². The van der Waals surface area contributed by atoms with Gasteiger partial charge in [-0.1, -0.05) is 29.8 Å². The van der Waals surface area contributed by atoms with Crippen LogP contribution in [-0.2, 0) is 17.5 Å². The van der Waals surface area contributed by atoms with Crippen LogP contribution in [0.25, 0.3) is 5.65 Å². The van der Waals surface area contributed by atoms with Crippen molar-refractivity contribution in [2.24, 2.45) is 5.92 Å². The SMILES string of the molecule is Cc1ccc(CNC(=O)C2CCN(c3ccc4nnc(C(F)(F)F)n4n3)CC2)cc1. The first-order chi connectivity index (χ1) is 14.3. The minimum Gasteiger partial charge on any atom is -0.355 e. The van der Waals surface area contributed by atoms with Gasteiger partial charge in [0.2, 0.25) is 5.91 Å². The van der Waals surface area contributed by atoms with E-state index in [9.17, 15) is 18.0 Å². The number of anilines is 1. The largest absolute Gasteiger partial charge is 0.453 e. The summed E-state index contributed by atoms with van der Waals surface area (Å²) in [5.74, 6) is -0.871. The van der Waals surface area contributed by atoms with Gasteiger partial charge in [-0.2, -0.15) is 17.7 Å². The highest BCUT2D eigenvalue weighted by Gasteiger charge is 2.38. The lowest BCUT2D eigenvalue weighted by atomic mass is 9.96. The lowest BCUT2D eigenvalue weighted by molar-refractivity contribution is -0.146. The summed E-state index contributed by atoms with van der Waals surface area (Å²) in [6.45, 7) is 3.55. The van der Waals surface area contributed by atoms with Crippen LogP contribution in [0.4, 0.5) is 19.0 Å². The maximum atomic E-state index is 13.1. The zero-order valence-electron chi connectivity index (χ0n) is 16.4. The molecule has 3 aromatic rings. The standard InChI is InChI=1S/C20H21F3N6O/c1-13-2-4-14(5-3-13)12-24-18(30)15-8-10-28(11-9-15)17-7-6-16-25-26-19(20(21,22)23)29(16)27-17/h2-7,15H,8-12H2,1H3,(H,24,30). The van der Waals surface area contributed by atoms with Crippen LogP contribution in [-0.4, -0.2) is 38.8 Å². The number of benzene rings is 1. The van der Waals surface area contributed by atoms with Crippen molar-refractivity contribution in [1.82, 2.24) is 25.1 Å². The number of halogens is 3. The number of piperidine rings is 1. The molecule has 0 saturated carbocycles. The van der Waals surface area contributed by atoms with Crippen LogP contribution in [0, 0.1) is 12.8 Å². The molecule has 2 aromatic heterocycles. The molecule has 0 unspecified atom stereocenters. The van der Waals surface area contributed by atoms with E-state index < -0.39 is 12.0 Å². The first-order valence-electron chi connectivity index (χ1n) is 9.69. The van der Waals surface area contributed by atoms with E-state index >= 15 is 0 Å². The lowest BCUT2D eigenvalue weighted by Gasteiger charge is -2.32. The number of rotatable bonds is 4. The molecule has 1 aliphatic heterocycles. The maximum Gasteiger partial charge on any atom is 0.453 e. The van der Waals surface area contributed by atoms with E-state index in [1.54, 1.807) is 6.07 Å². The minimum atomic E-state index is -4.63. The van der Waals surface area contributed by atoms with Crippen molar-refractivity contribution in [3.63, 3.8) is 0 Å². The monoisotopic (exact) mass is 418 g/mol. The molecule has 1 saturated heterocycles. The summed E-state index contributed by atoms with van der Waals surface area (Å²) < 4.78 is 39.9. The third kappa shape index (κ3) is 4.22. The van der Waals surface area contributed by atoms with Gasteiger partial charge in [-0.3, -0.25) is 4.79 Å². The fraction of sp³-hybridized carbons (Fsp3) is 0.400. The van der Waals surface area contributed by atoms with Crippen LogP contribution in [0.3, 0.4) is 0 Å². The number of alkyl halides is 3. The molecule has 0 aliphatic carbocycles. The number of nitrogens with zero attached hydrogens (tertiary/aromatic N) is 5. The zero-order chi connectivity index (χ0) is 21.3. The Balaban J connectivity index is 1.37. The molecule has 4 rings (SSSR count). The molecule has 1 amide bonds. The van der Waals surface area contributed by atoms with Crippen LogP contribution in [0.2, 0.25) is 0 Å². The van der Waals surface area contributed by atoms with Gasteiger partial charge in [-0.05, 0) is 37.5 Å². The maximum absolute atomic E-state index is 13.1. The average Bonchev–Trinajstić information content (AvgIpc) is 3.17. The summed E-state index contributed by atoms with van der Waals surface area (Å²) >= 11 is 0. The van der Waals surface area contributed by atoms with Crippen molar-refractivity contribution in [2.75, 3.05) is 18.0 Å². The number of carbonyl (C=O) groups excluding carboxylic acids is 1. The average molecular weight is 418 g/mol. The fourth-order valence-corrected chi connectivity index (χ4v) is 3.53. The van der Waals surface area contributed by atoms with Gasteiger partial charge in [-0.15, -0.1) is 15.3 Å². The summed E-state index contributed by atoms with van der Waals surface area (Å²) in [4.78, 5) is 14.4. The molecule has 30 heavy (non-hydrogen) atoms. The molecule has 7 nitrogen and oxygen atoms in total. The van der Waals surface area contributed by atoms with Gasteiger partial charge in [0.05, 0.1) is 0 Å². The Morgan fingerprint density at radius 1 is 1.10 bits per heavy atom. The second-order valence-electron chi connectivity index (χ2n) is 7.45. The fourth-order valence-electron chi connectivity index (χ4n) is 3.53. The van der Waals surface area contributed by atoms with E-state index in [0.717, 1.165) is 15.6 Å². The second-order valence-corrected chi connectivity index (χ2v) is 7.45. The molecular formula is C20H21F3N6O. The molecule has 1 aliphatic rings. The van der Waals surface area contributed by atoms with E-state index in [0.29, 0.717) is 38.3 Å². The van der Waals surface area contributed by atoms with Crippen molar-refractivity contribution in [2.45, 2.75) is 32.5 Å². The second kappa shape index (κ2) is 7.92. The Morgan fingerprint density at radius 2 is 1.80 bits per heavy atom. The van der Waals surface area contributed by atoms with Crippen molar-refractivity contribution in [1.29, 1.82) is 0 Å². The molecule has 0 bridgehead atoms. The van der Waals surface area contributed by atoms with E-state index in [1.165, 1.54) is 6.07 Å². The van der Waals surface area contributed by atoms with Crippen molar-refractivity contribution in [3.05, 3.63) is 53.3 Å². The molecule has 1 fully saturated rings. The number of nitrogens with one attached hydrogen (secondary N) is 1. The van der Waals surface area contributed by atoms with Crippen molar-refractivity contribution in [3.8, 4) is 0 Å². The Morgan fingerprint density at radius 3 is 2.47 bits per heavy atom. The molecule has 10 heteroatoms. The molecule has 1 aromatic carbocycles. The number of carbonyl (C=O) groups is 1. The first-order valence-corrected chi connectivity index (χ1v) is 9.69. The van der Waals surface area contributed by atoms with Crippen LogP contribution >= 0.6 is 0 Å². The number of aryl methyl sites for hydroxylation is 1. The van der Waals surface area contributed by atoms with Crippen molar-refractivity contribution >= 4 is 17.4 Å². The lowest BCUT2D eigenvalue weighted by Crippen LogP contribution is -2.40. The molecule has 0 atom stereocenters. The van der Waals surface area contributed by atoms with Gasteiger partial charge in [0.1, 0.15) is 5.82 Å². The van der Waals surface area contributed by atoms with E-state index in [1.807, 2.05) is 36.1 Å². The van der Waals surface area contributed by atoms with Gasteiger partial charge < -0.3 is 10.2 Å². The zero-order valence-corrected chi connectivity index (χ0v) is 16.4. The number of hydrogen-bond donors (Lipinski definition) is 1.